The van der Waals surface area contributed by atoms with Gasteiger partial charge in [-0.3, -0.25) is 0 Å². The van der Waals surface area contributed by atoms with Gasteiger partial charge in [-0.2, -0.15) is 0 Å². The highest BCUT2D eigenvalue weighted by Gasteiger charge is 2.18. The third-order valence-corrected chi connectivity index (χ3v) is 4.26. The Labute approximate surface area is 122 Å². The van der Waals surface area contributed by atoms with E-state index >= 15 is 0 Å². The molecule has 1 saturated heterocycles. The van der Waals surface area contributed by atoms with Gasteiger partial charge < -0.3 is 15.0 Å². The molecule has 0 spiro atoms. The number of aromatic hydroxyl groups is 1. The lowest BCUT2D eigenvalue weighted by atomic mass is 10.2. The molecule has 108 valence electrons. The van der Waals surface area contributed by atoms with E-state index in [-0.39, 0.29) is 5.75 Å². The van der Waals surface area contributed by atoms with Crippen molar-refractivity contribution < 1.29 is 5.11 Å². The van der Waals surface area contributed by atoms with Crippen LogP contribution in [0.3, 0.4) is 0 Å². The molecule has 1 aliphatic heterocycles. The second-order valence-corrected chi connectivity index (χ2v) is 5.68. The average Bonchev–Trinajstić information content (AvgIpc) is 2.69. The molecule has 0 aliphatic carbocycles. The summed E-state index contributed by atoms with van der Waals surface area (Å²) in [7, 11) is 0. The minimum atomic E-state index is 0.272. The summed E-state index contributed by atoms with van der Waals surface area (Å²) in [5, 5.41) is 11.8. The number of aromatic nitrogens is 3. The fraction of sp³-hybridized carbons (Fsp3) is 0.375. The number of H-pyrrole nitrogens is 1. The normalized spacial score (nSPS) is 16.5. The summed E-state index contributed by atoms with van der Waals surface area (Å²) in [6, 6.07) is 5.37. The maximum absolute atomic E-state index is 9.79. The fourth-order valence-corrected chi connectivity index (χ4v) is 3.22. The molecule has 0 amide bonds. The van der Waals surface area contributed by atoms with E-state index in [2.05, 4.69) is 19.9 Å². The molecule has 5 nitrogen and oxygen atoms in total. The number of hydrogen-bond donors (Lipinski definition) is 2. The Morgan fingerprint density at radius 1 is 1.05 bits per heavy atom. The Morgan fingerprint density at radius 3 is 2.67 bits per heavy atom. The third-order valence-electron chi connectivity index (χ3n) is 4.26. The van der Waals surface area contributed by atoms with Crippen LogP contribution in [0.25, 0.3) is 21.9 Å². The van der Waals surface area contributed by atoms with Gasteiger partial charge in [0.1, 0.15) is 23.5 Å². The maximum atomic E-state index is 9.79. The van der Waals surface area contributed by atoms with Crippen LogP contribution in [0.5, 0.6) is 5.75 Å². The van der Waals surface area contributed by atoms with Gasteiger partial charge in [-0.25, -0.2) is 9.97 Å². The number of nitrogens with zero attached hydrogens (tertiary/aromatic N) is 3. The molecule has 0 radical (unpaired) electrons. The van der Waals surface area contributed by atoms with Crippen LogP contribution in [0.2, 0.25) is 0 Å². The van der Waals surface area contributed by atoms with Gasteiger partial charge in [0.25, 0.3) is 0 Å². The molecular formula is C16H18N4O. The molecular weight excluding hydrogens is 264 g/mol. The minimum absolute atomic E-state index is 0.272. The smallest absolute Gasteiger partial charge is 0.143 e. The van der Waals surface area contributed by atoms with Gasteiger partial charge in [0, 0.05) is 24.0 Å². The number of rotatable bonds is 1. The lowest BCUT2D eigenvalue weighted by Gasteiger charge is -2.21. The van der Waals surface area contributed by atoms with Crippen LogP contribution >= 0.6 is 0 Å². The molecule has 1 fully saturated rings. The molecule has 1 aliphatic rings. The Bertz CT molecular complexity index is 787. The first-order valence-electron chi connectivity index (χ1n) is 7.53. The zero-order chi connectivity index (χ0) is 14.2. The molecule has 21 heavy (non-hydrogen) atoms. The van der Waals surface area contributed by atoms with E-state index in [1.165, 1.54) is 25.7 Å². The first-order valence-corrected chi connectivity index (χ1v) is 7.53. The zero-order valence-electron chi connectivity index (χ0n) is 11.8. The number of nitrogens with one attached hydrogen (secondary N) is 1. The van der Waals surface area contributed by atoms with Crippen molar-refractivity contribution in [3.63, 3.8) is 0 Å². The number of fused-ring (bicyclic) bond motifs is 3. The molecule has 3 heterocycles. The zero-order valence-corrected chi connectivity index (χ0v) is 11.8. The third kappa shape index (κ3) is 2.09. The van der Waals surface area contributed by atoms with E-state index in [4.69, 9.17) is 0 Å². The Balaban J connectivity index is 1.95. The van der Waals surface area contributed by atoms with Gasteiger partial charge in [-0.1, -0.05) is 12.8 Å². The van der Waals surface area contributed by atoms with E-state index in [9.17, 15) is 5.11 Å². The largest absolute Gasteiger partial charge is 0.508 e. The topological polar surface area (TPSA) is 65.0 Å². The van der Waals surface area contributed by atoms with Gasteiger partial charge >= 0.3 is 0 Å². The molecule has 4 rings (SSSR count). The summed E-state index contributed by atoms with van der Waals surface area (Å²) < 4.78 is 0. The second-order valence-electron chi connectivity index (χ2n) is 5.68. The Kier molecular flexibility index (Phi) is 2.91. The van der Waals surface area contributed by atoms with Crippen molar-refractivity contribution in [3.05, 3.63) is 24.5 Å². The first-order chi connectivity index (χ1) is 10.3. The van der Waals surface area contributed by atoms with E-state index < -0.39 is 0 Å². The number of anilines is 1. The van der Waals surface area contributed by atoms with Crippen molar-refractivity contribution in [2.45, 2.75) is 25.7 Å². The first kappa shape index (κ1) is 12.4. The summed E-state index contributed by atoms with van der Waals surface area (Å²) in [4.78, 5) is 14.6. The Morgan fingerprint density at radius 2 is 1.86 bits per heavy atom. The predicted molar refractivity (Wildman–Crippen MR) is 83.7 cm³/mol. The lowest BCUT2D eigenvalue weighted by Crippen LogP contribution is -2.25. The van der Waals surface area contributed by atoms with Crippen LogP contribution in [-0.2, 0) is 0 Å². The van der Waals surface area contributed by atoms with Crippen molar-refractivity contribution >= 4 is 27.8 Å². The fourth-order valence-electron chi connectivity index (χ4n) is 3.22. The standard InChI is InChI=1S/C16H18N4O/c21-11-5-6-13-12(9-11)14-15(19-13)17-10-18-16(14)20-7-3-1-2-4-8-20/h5-6,9-10,21H,1-4,7-8H2,(H,17,18,19). The van der Waals surface area contributed by atoms with Crippen molar-refractivity contribution in [1.82, 2.24) is 15.0 Å². The summed E-state index contributed by atoms with van der Waals surface area (Å²) in [5.74, 6) is 1.26. The van der Waals surface area contributed by atoms with Crippen LogP contribution in [0.4, 0.5) is 5.82 Å². The van der Waals surface area contributed by atoms with Crippen LogP contribution < -0.4 is 4.90 Å². The Hall–Kier alpha value is -2.30. The van der Waals surface area contributed by atoms with Crippen molar-refractivity contribution in [2.24, 2.45) is 0 Å². The summed E-state index contributed by atoms with van der Waals surface area (Å²) in [6.07, 6.45) is 6.62. The SMILES string of the molecule is Oc1ccc2[nH]c3ncnc(N4CCCCCC4)c3c2c1. The highest BCUT2D eigenvalue weighted by Crippen LogP contribution is 2.33. The molecule has 5 heteroatoms. The van der Waals surface area contributed by atoms with E-state index in [1.54, 1.807) is 18.5 Å². The number of hydrogen-bond acceptors (Lipinski definition) is 4. The number of benzene rings is 1. The summed E-state index contributed by atoms with van der Waals surface area (Å²) >= 11 is 0. The van der Waals surface area contributed by atoms with E-state index in [0.717, 1.165) is 40.8 Å². The van der Waals surface area contributed by atoms with Crippen LogP contribution in [0.1, 0.15) is 25.7 Å². The number of phenols is 1. The van der Waals surface area contributed by atoms with Gasteiger partial charge in [0.2, 0.25) is 0 Å². The quantitative estimate of drug-likeness (QED) is 0.719. The molecule has 2 N–H and O–H groups in total. The number of aromatic amines is 1. The lowest BCUT2D eigenvalue weighted by molar-refractivity contribution is 0.476. The van der Waals surface area contributed by atoms with Crippen molar-refractivity contribution in [1.29, 1.82) is 0 Å². The van der Waals surface area contributed by atoms with Gasteiger partial charge in [0.05, 0.1) is 5.39 Å². The highest BCUT2D eigenvalue weighted by molar-refractivity contribution is 6.11. The van der Waals surface area contributed by atoms with Gasteiger partial charge in [-0.05, 0) is 31.0 Å². The molecule has 0 unspecified atom stereocenters. The van der Waals surface area contributed by atoms with E-state index in [1.807, 2.05) is 6.07 Å². The van der Waals surface area contributed by atoms with Gasteiger partial charge in [0.15, 0.2) is 0 Å². The monoisotopic (exact) mass is 282 g/mol. The van der Waals surface area contributed by atoms with Crippen LogP contribution in [0, 0.1) is 0 Å². The van der Waals surface area contributed by atoms with Crippen LogP contribution in [0.15, 0.2) is 24.5 Å². The van der Waals surface area contributed by atoms with Crippen LogP contribution in [-0.4, -0.2) is 33.1 Å². The molecule has 0 saturated carbocycles. The van der Waals surface area contributed by atoms with Gasteiger partial charge in [-0.15, -0.1) is 0 Å². The van der Waals surface area contributed by atoms with Crippen molar-refractivity contribution in [2.75, 3.05) is 18.0 Å². The minimum Gasteiger partial charge on any atom is -0.508 e. The average molecular weight is 282 g/mol. The highest BCUT2D eigenvalue weighted by atomic mass is 16.3. The van der Waals surface area contributed by atoms with E-state index in [0.29, 0.717) is 0 Å². The van der Waals surface area contributed by atoms with Crippen molar-refractivity contribution in [3.8, 4) is 5.75 Å². The number of phenolic OH excluding ortho intramolecular Hbond substituents is 1. The predicted octanol–water partition coefficient (Wildman–Crippen LogP) is 3.20. The molecule has 0 atom stereocenters. The molecule has 1 aromatic carbocycles. The summed E-state index contributed by atoms with van der Waals surface area (Å²) in [6.45, 7) is 2.08. The molecule has 0 bridgehead atoms. The molecule has 3 aromatic rings. The summed E-state index contributed by atoms with van der Waals surface area (Å²) in [5.41, 5.74) is 1.82. The molecule has 2 aromatic heterocycles. The maximum Gasteiger partial charge on any atom is 0.143 e. The second kappa shape index (κ2) is 4.91.